The molecule has 2 fully saturated rings. The van der Waals surface area contributed by atoms with E-state index in [0.717, 1.165) is 0 Å². The molecule has 0 spiro atoms. The number of unbranched alkanes of at least 4 members (excludes halogenated alkanes) is 1. The van der Waals surface area contributed by atoms with Gasteiger partial charge >= 0.3 is 111 Å². The van der Waals surface area contributed by atoms with Crippen LogP contribution in [0.15, 0.2) is 0 Å². The Morgan fingerprint density at radius 1 is 1.23 bits per heavy atom. The summed E-state index contributed by atoms with van der Waals surface area (Å²) < 4.78 is 2.60. The van der Waals surface area contributed by atoms with Gasteiger partial charge in [-0.05, 0) is 0 Å². The van der Waals surface area contributed by atoms with Crippen LogP contribution in [0.2, 0.25) is 8.37 Å². The van der Waals surface area contributed by atoms with Crippen molar-refractivity contribution in [2.24, 2.45) is 11.8 Å². The van der Waals surface area contributed by atoms with Gasteiger partial charge in [-0.3, -0.25) is 0 Å². The average molecular weight is 390 g/mol. The second-order valence-electron chi connectivity index (χ2n) is 4.38. The van der Waals surface area contributed by atoms with E-state index in [4.69, 9.17) is 0 Å². The molecule has 72 valence electrons. The summed E-state index contributed by atoms with van der Waals surface area (Å²) in [6.45, 7) is 2.23. The van der Waals surface area contributed by atoms with Crippen molar-refractivity contribution in [2.45, 2.75) is 53.8 Å². The summed E-state index contributed by atoms with van der Waals surface area (Å²) in [5, 5.41) is 0. The molecular weight excluding hydrogens is 370 g/mol. The van der Waals surface area contributed by atoms with Gasteiger partial charge < -0.3 is 0 Å². The Balaban J connectivity index is 0.000000149. The molecule has 0 nitrogen and oxygen atoms in total. The Bertz CT molecular complexity index is 132. The standard InChI is InChI=1S/C7H11.C4H9.2Sn/c1-2-7-4-3-6(1)5-7;1-3-4-2;;/h1,6-7H,2-5H2;1,3-4H2,2H3;;. The van der Waals surface area contributed by atoms with E-state index in [2.05, 4.69) is 6.92 Å². The van der Waals surface area contributed by atoms with Crippen LogP contribution in [0.25, 0.3) is 0 Å². The third-order valence-electron chi connectivity index (χ3n) is 3.27. The maximum atomic E-state index is 2.23. The summed E-state index contributed by atoms with van der Waals surface area (Å²) in [7, 11) is 0. The topological polar surface area (TPSA) is 0 Å². The van der Waals surface area contributed by atoms with Crippen LogP contribution in [0.3, 0.4) is 0 Å². The second kappa shape index (κ2) is 6.97. The zero-order valence-corrected chi connectivity index (χ0v) is 14.4. The summed E-state index contributed by atoms with van der Waals surface area (Å²) in [6, 6.07) is 0. The Morgan fingerprint density at radius 3 is 2.15 bits per heavy atom. The van der Waals surface area contributed by atoms with Gasteiger partial charge in [-0.25, -0.2) is 0 Å². The SMILES string of the molecule is CCC[CH2][Sn].[Sn][CH]1CC2CCC1C2. The molecule has 0 aromatic rings. The van der Waals surface area contributed by atoms with E-state index in [1.165, 1.54) is 33.0 Å². The molecule has 0 N–H and O–H groups in total. The van der Waals surface area contributed by atoms with Crippen LogP contribution in [-0.2, 0) is 0 Å². The van der Waals surface area contributed by atoms with Crippen molar-refractivity contribution in [2.75, 3.05) is 0 Å². The van der Waals surface area contributed by atoms with Gasteiger partial charge in [0.05, 0.1) is 0 Å². The fourth-order valence-electron chi connectivity index (χ4n) is 2.42. The number of hydrogen-bond donors (Lipinski definition) is 0. The number of rotatable bonds is 2. The van der Waals surface area contributed by atoms with Crippen molar-refractivity contribution in [3.8, 4) is 0 Å². The van der Waals surface area contributed by atoms with E-state index in [1.54, 1.807) is 48.2 Å². The van der Waals surface area contributed by atoms with Gasteiger partial charge in [0.25, 0.3) is 0 Å². The van der Waals surface area contributed by atoms with Gasteiger partial charge in [0.15, 0.2) is 0 Å². The molecule has 2 aliphatic rings. The third kappa shape index (κ3) is 4.31. The second-order valence-corrected chi connectivity index (χ2v) is 7.93. The quantitative estimate of drug-likeness (QED) is 0.637. The van der Waals surface area contributed by atoms with Crippen LogP contribution in [0.1, 0.15) is 45.4 Å². The molecule has 0 aromatic carbocycles. The average Bonchev–Trinajstić information content (AvgIpc) is 2.67. The van der Waals surface area contributed by atoms with Gasteiger partial charge in [0.1, 0.15) is 0 Å². The molecule has 0 aromatic heterocycles. The minimum absolute atomic E-state index is 1.17. The monoisotopic (exact) mass is 392 g/mol. The number of fused-ring (bicyclic) bond motifs is 2. The van der Waals surface area contributed by atoms with Crippen molar-refractivity contribution >= 4 is 45.0 Å². The van der Waals surface area contributed by atoms with E-state index >= 15 is 0 Å². The molecule has 2 heteroatoms. The minimum atomic E-state index is 1.17. The van der Waals surface area contributed by atoms with E-state index < -0.39 is 0 Å². The first kappa shape index (κ1) is 12.7. The predicted molar refractivity (Wildman–Crippen MR) is 60.4 cm³/mol. The molecule has 3 atom stereocenters. The van der Waals surface area contributed by atoms with E-state index in [9.17, 15) is 0 Å². The van der Waals surface area contributed by atoms with Crippen LogP contribution in [0.5, 0.6) is 0 Å². The Kier molecular flexibility index (Phi) is 6.79. The summed E-state index contributed by atoms with van der Waals surface area (Å²) in [5.74, 6) is 2.35. The molecule has 2 saturated carbocycles. The first-order valence-electron chi connectivity index (χ1n) is 5.63. The summed E-state index contributed by atoms with van der Waals surface area (Å²) in [6.07, 6.45) is 9.11. The zero-order valence-electron chi connectivity index (χ0n) is 8.68. The molecule has 3 unspecified atom stereocenters. The van der Waals surface area contributed by atoms with Crippen LogP contribution >= 0.6 is 0 Å². The van der Waals surface area contributed by atoms with Gasteiger partial charge in [-0.2, -0.15) is 0 Å². The van der Waals surface area contributed by atoms with Crippen molar-refractivity contribution < 1.29 is 0 Å². The molecular formula is C11H20Sn2. The molecule has 2 bridgehead atoms. The fraction of sp³-hybridized carbons (Fsp3) is 1.00. The van der Waals surface area contributed by atoms with Crippen LogP contribution < -0.4 is 0 Å². The van der Waals surface area contributed by atoms with E-state index in [-0.39, 0.29) is 0 Å². The predicted octanol–water partition coefficient (Wildman–Crippen LogP) is 3.14. The van der Waals surface area contributed by atoms with Gasteiger partial charge in [-0.15, -0.1) is 0 Å². The zero-order chi connectivity index (χ0) is 9.68. The van der Waals surface area contributed by atoms with Crippen LogP contribution in [0.4, 0.5) is 0 Å². The van der Waals surface area contributed by atoms with E-state index in [1.807, 2.05) is 22.5 Å². The first-order valence-corrected chi connectivity index (χ1v) is 9.30. The Hall–Kier alpha value is 1.60. The van der Waals surface area contributed by atoms with E-state index in [0.29, 0.717) is 0 Å². The normalized spacial score (nSPS) is 35.8. The van der Waals surface area contributed by atoms with Gasteiger partial charge in [0, 0.05) is 0 Å². The molecule has 0 aliphatic heterocycles. The molecule has 2 rings (SSSR count). The maximum absolute atomic E-state index is 2.23. The van der Waals surface area contributed by atoms with Crippen molar-refractivity contribution in [1.82, 2.24) is 0 Å². The molecule has 0 amide bonds. The Morgan fingerprint density at radius 2 is 2.00 bits per heavy atom. The van der Waals surface area contributed by atoms with Crippen LogP contribution in [-0.4, -0.2) is 45.0 Å². The summed E-state index contributed by atoms with van der Waals surface area (Å²) >= 11 is 3.49. The summed E-state index contributed by atoms with van der Waals surface area (Å²) in [5.41, 5.74) is 0. The number of hydrogen-bond acceptors (Lipinski definition) is 0. The molecule has 6 radical (unpaired) electrons. The first-order chi connectivity index (χ1) is 6.27. The molecule has 0 heterocycles. The Labute approximate surface area is 110 Å². The third-order valence-corrected chi connectivity index (χ3v) is 6.30. The fourth-order valence-corrected chi connectivity index (χ4v) is 5.25. The van der Waals surface area contributed by atoms with Gasteiger partial charge in [0.2, 0.25) is 0 Å². The van der Waals surface area contributed by atoms with Crippen molar-refractivity contribution in [1.29, 1.82) is 0 Å². The van der Waals surface area contributed by atoms with Gasteiger partial charge in [-0.1, -0.05) is 0 Å². The van der Waals surface area contributed by atoms with Crippen molar-refractivity contribution in [3.63, 3.8) is 0 Å². The molecule has 2 aliphatic carbocycles. The summed E-state index contributed by atoms with van der Waals surface area (Å²) in [4.78, 5) is 0. The van der Waals surface area contributed by atoms with Crippen LogP contribution in [0, 0.1) is 11.8 Å². The molecule has 13 heavy (non-hydrogen) atoms. The molecule has 0 saturated heterocycles. The van der Waals surface area contributed by atoms with Crippen molar-refractivity contribution in [3.05, 3.63) is 0 Å².